The number of rotatable bonds is 11. The molecule has 1 N–H and O–H groups in total. The third-order valence-corrected chi connectivity index (χ3v) is 10.1. The number of alkyl halides is 3. The minimum absolute atomic E-state index is 0.0775. The topological polar surface area (TPSA) is 132 Å². The van der Waals surface area contributed by atoms with Crippen LogP contribution in [0.1, 0.15) is 42.6 Å². The normalized spacial score (nSPS) is 15.9. The first-order chi connectivity index (χ1) is 21.7. The van der Waals surface area contributed by atoms with Gasteiger partial charge in [-0.3, -0.25) is 10.1 Å². The minimum atomic E-state index is -4.61. The van der Waals surface area contributed by atoms with Crippen LogP contribution in [0.15, 0.2) is 71.6 Å². The molecule has 46 heavy (non-hydrogen) atoms. The molecule has 1 heterocycles. The van der Waals surface area contributed by atoms with Gasteiger partial charge in [-0.1, -0.05) is 13.0 Å². The van der Waals surface area contributed by atoms with Crippen LogP contribution in [0.3, 0.4) is 0 Å². The number of ether oxygens (including phenoxy) is 1. The molecule has 4 aromatic rings. The lowest BCUT2D eigenvalue weighted by atomic mass is 9.91. The van der Waals surface area contributed by atoms with Gasteiger partial charge in [-0.15, -0.1) is 0 Å². The maximum Gasteiger partial charge on any atom is 0.416 e. The second-order valence-corrected chi connectivity index (χ2v) is 12.7. The number of aromatic nitrogens is 1. The van der Waals surface area contributed by atoms with Crippen molar-refractivity contribution in [3.8, 4) is 5.75 Å². The lowest BCUT2D eigenvalue weighted by molar-refractivity contribution is -0.384. The Morgan fingerprint density at radius 1 is 1.15 bits per heavy atom. The van der Waals surface area contributed by atoms with E-state index in [1.807, 2.05) is 0 Å². The van der Waals surface area contributed by atoms with E-state index in [0.717, 1.165) is 40.7 Å². The summed E-state index contributed by atoms with van der Waals surface area (Å²) in [7, 11) is -4.34. The Balaban J connectivity index is 1.52. The average Bonchev–Trinajstić information content (AvgIpc) is 3.31. The van der Waals surface area contributed by atoms with Gasteiger partial charge in [0.2, 0.25) is 10.0 Å². The van der Waals surface area contributed by atoms with E-state index in [1.165, 1.54) is 30.3 Å². The molecule has 0 saturated heterocycles. The second kappa shape index (κ2) is 12.7. The average molecular weight is 664 g/mol. The van der Waals surface area contributed by atoms with Crippen molar-refractivity contribution < 1.29 is 45.5 Å². The quantitative estimate of drug-likeness (QED) is 0.112. The predicted octanol–water partition coefficient (Wildman–Crippen LogP) is 6.37. The highest BCUT2D eigenvalue weighted by molar-refractivity contribution is 7.89. The van der Waals surface area contributed by atoms with Gasteiger partial charge in [0.05, 0.1) is 15.4 Å². The molecule has 15 heteroatoms. The molecule has 5 rings (SSSR count). The summed E-state index contributed by atoms with van der Waals surface area (Å²) in [5, 5.41) is 21.6. The Labute approximate surface area is 261 Å². The monoisotopic (exact) mass is 663 g/mol. The number of nitro groups is 1. The number of fused-ring (bicyclic) bond motifs is 3. The van der Waals surface area contributed by atoms with E-state index < -0.39 is 50.6 Å². The van der Waals surface area contributed by atoms with Crippen molar-refractivity contribution in [2.45, 2.75) is 55.8 Å². The van der Waals surface area contributed by atoms with E-state index in [4.69, 9.17) is 4.74 Å². The molecule has 10 nitrogen and oxygen atoms in total. The molecule has 2 atom stereocenters. The van der Waals surface area contributed by atoms with E-state index in [2.05, 4.69) is 0 Å². The zero-order valence-corrected chi connectivity index (χ0v) is 25.2. The van der Waals surface area contributed by atoms with Gasteiger partial charge in [0, 0.05) is 41.3 Å². The van der Waals surface area contributed by atoms with E-state index in [9.17, 15) is 46.0 Å². The highest BCUT2D eigenvalue weighted by Crippen LogP contribution is 2.38. The number of carbonyl (C=O) groups is 1. The van der Waals surface area contributed by atoms with Gasteiger partial charge in [0.15, 0.2) is 0 Å². The van der Waals surface area contributed by atoms with E-state index >= 15 is 0 Å². The van der Waals surface area contributed by atoms with Gasteiger partial charge < -0.3 is 14.4 Å². The zero-order valence-electron chi connectivity index (χ0n) is 24.4. The number of nitrogens with zero attached hydrogens (tertiary/aromatic N) is 3. The van der Waals surface area contributed by atoms with Gasteiger partial charge in [-0.25, -0.2) is 17.6 Å². The summed E-state index contributed by atoms with van der Waals surface area (Å²) in [6, 6.07) is 10.8. The summed E-state index contributed by atoms with van der Waals surface area (Å²) in [6.45, 7) is 1.09. The maximum atomic E-state index is 14.5. The first-order valence-corrected chi connectivity index (χ1v) is 15.8. The van der Waals surface area contributed by atoms with Crippen LogP contribution in [0.4, 0.5) is 23.2 Å². The summed E-state index contributed by atoms with van der Waals surface area (Å²) >= 11 is 0. The fourth-order valence-electron chi connectivity index (χ4n) is 6.01. The van der Waals surface area contributed by atoms with Crippen LogP contribution in [0, 0.1) is 15.9 Å². The second-order valence-electron chi connectivity index (χ2n) is 10.9. The van der Waals surface area contributed by atoms with Crippen molar-refractivity contribution >= 4 is 32.6 Å². The molecule has 3 aromatic carbocycles. The number of nitro benzene ring substituents is 1. The van der Waals surface area contributed by atoms with Crippen molar-refractivity contribution in [3.05, 3.63) is 99.5 Å². The molecule has 244 valence electrons. The third kappa shape index (κ3) is 6.42. The van der Waals surface area contributed by atoms with E-state index in [0.29, 0.717) is 22.2 Å². The largest absolute Gasteiger partial charge is 0.492 e. The number of hydrogen-bond acceptors (Lipinski definition) is 6. The van der Waals surface area contributed by atoms with Crippen molar-refractivity contribution in [2.75, 3.05) is 13.2 Å². The molecule has 0 amide bonds. The first kappa shape index (κ1) is 32.9. The van der Waals surface area contributed by atoms with Crippen LogP contribution < -0.4 is 4.74 Å². The first-order valence-electron chi connectivity index (χ1n) is 14.3. The van der Waals surface area contributed by atoms with Crippen LogP contribution in [0.2, 0.25) is 0 Å². The number of sulfonamides is 1. The lowest BCUT2D eigenvalue weighted by Gasteiger charge is -2.34. The molecule has 0 fully saturated rings. The number of carboxylic acid groups (broad SMARTS) is 1. The molecule has 1 aromatic heterocycles. The zero-order chi connectivity index (χ0) is 33.4. The third-order valence-electron chi connectivity index (χ3n) is 8.12. The molecule has 0 bridgehead atoms. The van der Waals surface area contributed by atoms with Crippen molar-refractivity contribution in [1.29, 1.82) is 0 Å². The predicted molar refractivity (Wildman–Crippen MR) is 159 cm³/mol. The Bertz CT molecular complexity index is 1890. The lowest BCUT2D eigenvalue weighted by Crippen LogP contribution is -2.45. The van der Waals surface area contributed by atoms with Crippen LogP contribution in [0.5, 0.6) is 5.75 Å². The molecule has 0 aliphatic heterocycles. The molecule has 1 unspecified atom stereocenters. The van der Waals surface area contributed by atoms with Gasteiger partial charge in [-0.05, 0) is 79.8 Å². The molecule has 0 saturated carbocycles. The smallest absolute Gasteiger partial charge is 0.416 e. The van der Waals surface area contributed by atoms with Crippen LogP contribution in [-0.2, 0) is 33.8 Å². The minimum Gasteiger partial charge on any atom is -0.492 e. The number of non-ortho nitro benzene ring substituents is 1. The van der Waals surface area contributed by atoms with Gasteiger partial charge in [-0.2, -0.15) is 17.5 Å². The van der Waals surface area contributed by atoms with Crippen LogP contribution in [-0.4, -0.2) is 52.5 Å². The maximum absolute atomic E-state index is 14.5. The summed E-state index contributed by atoms with van der Waals surface area (Å²) in [4.78, 5) is 22.4. The van der Waals surface area contributed by atoms with E-state index in [1.54, 1.807) is 11.5 Å². The Morgan fingerprint density at radius 3 is 2.50 bits per heavy atom. The number of hydrogen-bond donors (Lipinski definition) is 1. The van der Waals surface area contributed by atoms with Crippen LogP contribution >= 0.6 is 0 Å². The molecule has 1 aliphatic rings. The number of benzene rings is 3. The molecule has 0 spiro atoms. The Morgan fingerprint density at radius 2 is 1.87 bits per heavy atom. The van der Waals surface area contributed by atoms with Gasteiger partial charge >= 0.3 is 12.1 Å². The standard InChI is InChI=1S/C31H29F4N3O7S/c1-2-27(30(39)40)37-28-12-6-20(32)17-25(28)26-18-22(9-13-29(26)37)36(46(43,44)24-10-7-21(8-11-24)38(41)42)14-15-45-23-5-3-4-19(16-23)31(33,34)35/h3-8,10-12,16-17,22,27H,2,9,13-15,18H2,1H3,(H,39,40)/t22-,27?/m0/s1. The molecule has 0 radical (unpaired) electrons. The van der Waals surface area contributed by atoms with Crippen molar-refractivity contribution in [2.24, 2.45) is 0 Å². The Hall–Kier alpha value is -4.50. The van der Waals surface area contributed by atoms with E-state index in [-0.39, 0.29) is 55.2 Å². The fraction of sp³-hybridized carbons (Fsp3) is 0.323. The number of carboxylic acids is 1. The summed E-state index contributed by atoms with van der Waals surface area (Å²) < 4.78 is 90.5. The molecular formula is C31H29F4N3O7S. The SMILES string of the molecule is CCC(C(=O)O)n1c2c(c3cc(F)ccc31)C[C@@H](N(CCOc1cccc(C(F)(F)F)c1)S(=O)(=O)c1ccc([N+](=O)[O-])cc1)CC2. The van der Waals surface area contributed by atoms with Crippen molar-refractivity contribution in [3.63, 3.8) is 0 Å². The Kier molecular flexibility index (Phi) is 9.09. The summed E-state index contributed by atoms with van der Waals surface area (Å²) in [5.74, 6) is -1.74. The summed E-state index contributed by atoms with van der Waals surface area (Å²) in [6.07, 6.45) is -3.80. The molecule has 1 aliphatic carbocycles. The molecular weight excluding hydrogens is 634 g/mol. The highest BCUT2D eigenvalue weighted by atomic mass is 32.2. The van der Waals surface area contributed by atoms with Gasteiger partial charge in [0.25, 0.3) is 5.69 Å². The number of halogens is 4. The van der Waals surface area contributed by atoms with Gasteiger partial charge in [0.1, 0.15) is 24.2 Å². The van der Waals surface area contributed by atoms with Crippen molar-refractivity contribution in [1.82, 2.24) is 8.87 Å². The van der Waals surface area contributed by atoms with Crippen LogP contribution in [0.25, 0.3) is 10.9 Å². The number of aliphatic carboxylic acids is 1. The fourth-order valence-corrected chi connectivity index (χ4v) is 7.64. The highest BCUT2D eigenvalue weighted by Gasteiger charge is 2.37. The summed E-state index contributed by atoms with van der Waals surface area (Å²) in [5.41, 5.74) is 0.487.